The van der Waals surface area contributed by atoms with Crippen LogP contribution in [0.5, 0.6) is 5.75 Å². The summed E-state index contributed by atoms with van der Waals surface area (Å²) in [4.78, 5) is 9.43. The molecule has 3 aromatic rings. The van der Waals surface area contributed by atoms with E-state index in [9.17, 15) is 0 Å². The van der Waals surface area contributed by atoms with Crippen LogP contribution in [-0.2, 0) is 0 Å². The summed E-state index contributed by atoms with van der Waals surface area (Å²) >= 11 is 6.54. The zero-order chi connectivity index (χ0) is 19.3. The molecule has 4 rings (SSSR count). The van der Waals surface area contributed by atoms with Gasteiger partial charge >= 0.3 is 0 Å². The molecule has 0 saturated heterocycles. The van der Waals surface area contributed by atoms with E-state index in [0.29, 0.717) is 11.1 Å². The van der Waals surface area contributed by atoms with Gasteiger partial charge in [0.1, 0.15) is 17.1 Å². The van der Waals surface area contributed by atoms with Gasteiger partial charge in [0.05, 0.1) is 12.3 Å². The summed E-state index contributed by atoms with van der Waals surface area (Å²) in [6, 6.07) is 8.17. The number of hydrogen-bond donors (Lipinski definition) is 0. The van der Waals surface area contributed by atoms with Crippen LogP contribution >= 0.6 is 11.6 Å². The Labute approximate surface area is 171 Å². The van der Waals surface area contributed by atoms with Gasteiger partial charge in [0.2, 0.25) is 0 Å². The highest BCUT2D eigenvalue weighted by molar-refractivity contribution is 6.33. The highest BCUT2D eigenvalue weighted by atomic mass is 35.5. The van der Waals surface area contributed by atoms with Crippen molar-refractivity contribution >= 4 is 17.1 Å². The zero-order valence-electron chi connectivity index (χ0n) is 16.5. The normalized spacial score (nSPS) is 15.6. The first kappa shape index (κ1) is 19.3. The summed E-state index contributed by atoms with van der Waals surface area (Å²) in [5, 5.41) is 0.502. The molecule has 1 aliphatic carbocycles. The van der Waals surface area contributed by atoms with Crippen LogP contribution in [0.25, 0.3) is 16.8 Å². The molecule has 0 atom stereocenters. The summed E-state index contributed by atoms with van der Waals surface area (Å²) in [5.41, 5.74) is 2.83. The fraction of sp³-hybridized carbons (Fsp3) is 0.478. The average Bonchev–Trinajstić information content (AvgIpc) is 2.90. The van der Waals surface area contributed by atoms with E-state index in [4.69, 9.17) is 21.3 Å². The van der Waals surface area contributed by atoms with Crippen molar-refractivity contribution < 1.29 is 4.74 Å². The molecule has 0 N–H and O–H groups in total. The van der Waals surface area contributed by atoms with Crippen molar-refractivity contribution in [2.24, 2.45) is 0 Å². The zero-order valence-corrected chi connectivity index (χ0v) is 17.3. The molecule has 5 heteroatoms. The van der Waals surface area contributed by atoms with Crippen LogP contribution < -0.4 is 4.74 Å². The molecule has 2 aromatic heterocycles. The monoisotopic (exact) mass is 397 g/mol. The van der Waals surface area contributed by atoms with Gasteiger partial charge in [-0.2, -0.15) is 0 Å². The molecule has 1 aliphatic rings. The van der Waals surface area contributed by atoms with Gasteiger partial charge in [-0.05, 0) is 31.4 Å². The molecule has 0 aliphatic heterocycles. The van der Waals surface area contributed by atoms with Crippen molar-refractivity contribution in [3.05, 3.63) is 47.6 Å². The Kier molecular flexibility index (Phi) is 6.16. The smallest absolute Gasteiger partial charge is 0.155 e. The Hall–Kier alpha value is -2.07. The van der Waals surface area contributed by atoms with Gasteiger partial charge in [-0.15, -0.1) is 0 Å². The van der Waals surface area contributed by atoms with Gasteiger partial charge < -0.3 is 4.74 Å². The van der Waals surface area contributed by atoms with Gasteiger partial charge in [0.15, 0.2) is 5.15 Å². The lowest BCUT2D eigenvalue weighted by atomic mass is 10.00. The number of unbranched alkanes of at least 4 members (excludes halogenated alkanes) is 1. The summed E-state index contributed by atoms with van der Waals surface area (Å²) < 4.78 is 8.07. The molecule has 0 bridgehead atoms. The van der Waals surface area contributed by atoms with Gasteiger partial charge in [-0.3, -0.25) is 4.40 Å². The number of nitrogens with zero attached hydrogens (tertiary/aromatic N) is 3. The predicted molar refractivity (Wildman–Crippen MR) is 114 cm³/mol. The van der Waals surface area contributed by atoms with Crippen LogP contribution in [0, 0.1) is 0 Å². The Morgan fingerprint density at radius 2 is 2.00 bits per heavy atom. The number of hydrogen-bond acceptors (Lipinski definition) is 3. The molecular weight excluding hydrogens is 370 g/mol. The van der Waals surface area contributed by atoms with Crippen molar-refractivity contribution in [3.8, 4) is 17.0 Å². The highest BCUT2D eigenvalue weighted by Crippen LogP contribution is 2.37. The lowest BCUT2D eigenvalue weighted by Gasteiger charge is -2.12. The quantitative estimate of drug-likeness (QED) is 0.344. The second-order valence-corrected chi connectivity index (χ2v) is 8.03. The van der Waals surface area contributed by atoms with Crippen LogP contribution in [0.15, 0.2) is 36.7 Å². The van der Waals surface area contributed by atoms with E-state index in [-0.39, 0.29) is 0 Å². The minimum Gasteiger partial charge on any atom is -0.494 e. The second-order valence-electron chi connectivity index (χ2n) is 7.67. The molecule has 1 fully saturated rings. The number of imidazole rings is 1. The van der Waals surface area contributed by atoms with E-state index in [0.717, 1.165) is 47.8 Å². The van der Waals surface area contributed by atoms with Crippen LogP contribution in [0.4, 0.5) is 0 Å². The molecule has 0 radical (unpaired) electrons. The molecule has 2 heterocycles. The minimum atomic E-state index is 0.478. The summed E-state index contributed by atoms with van der Waals surface area (Å²) in [6.07, 6.45) is 13.5. The first-order valence-electron chi connectivity index (χ1n) is 10.5. The number of fused-ring (bicyclic) bond motifs is 1. The van der Waals surface area contributed by atoms with Gasteiger partial charge in [-0.25, -0.2) is 9.97 Å². The SMILES string of the molecule is CCCCOc1cccc(-c2nc(C3CCCCCC3)n3ccnc(Cl)c23)c1. The molecule has 4 nitrogen and oxygen atoms in total. The Morgan fingerprint density at radius 1 is 1.18 bits per heavy atom. The molecule has 0 unspecified atom stereocenters. The first-order chi connectivity index (χ1) is 13.8. The van der Waals surface area contributed by atoms with E-state index in [1.807, 2.05) is 18.3 Å². The second kappa shape index (κ2) is 8.95. The van der Waals surface area contributed by atoms with Gasteiger partial charge in [0.25, 0.3) is 0 Å². The van der Waals surface area contributed by atoms with Gasteiger partial charge in [0, 0.05) is 23.9 Å². The van der Waals surface area contributed by atoms with Gasteiger partial charge in [-0.1, -0.05) is 62.8 Å². The van der Waals surface area contributed by atoms with Crippen molar-refractivity contribution in [2.75, 3.05) is 6.61 Å². The third-order valence-electron chi connectivity index (χ3n) is 5.63. The Bertz CT molecular complexity index is 929. The van der Waals surface area contributed by atoms with Crippen LogP contribution in [0.1, 0.15) is 70.0 Å². The summed E-state index contributed by atoms with van der Waals surface area (Å²) in [5.74, 6) is 2.47. The maximum absolute atomic E-state index is 6.54. The molecule has 148 valence electrons. The van der Waals surface area contributed by atoms with E-state index < -0.39 is 0 Å². The van der Waals surface area contributed by atoms with Crippen molar-refractivity contribution in [1.29, 1.82) is 0 Å². The number of rotatable bonds is 6. The van der Waals surface area contributed by atoms with Crippen molar-refractivity contribution in [3.63, 3.8) is 0 Å². The number of halogens is 1. The fourth-order valence-electron chi connectivity index (χ4n) is 4.12. The lowest BCUT2D eigenvalue weighted by molar-refractivity contribution is 0.309. The average molecular weight is 398 g/mol. The molecule has 0 amide bonds. The lowest BCUT2D eigenvalue weighted by Crippen LogP contribution is -2.03. The fourth-order valence-corrected chi connectivity index (χ4v) is 4.36. The number of benzene rings is 1. The van der Waals surface area contributed by atoms with E-state index in [1.54, 1.807) is 6.20 Å². The van der Waals surface area contributed by atoms with E-state index in [1.165, 1.54) is 38.5 Å². The molecule has 0 spiro atoms. The standard InChI is InChI=1S/C23H28ClN3O/c1-2-3-15-28-19-12-8-11-18(16-19)20-21-22(24)25-13-14-27(21)23(26-20)17-9-6-4-5-7-10-17/h8,11-14,16-17H,2-7,9-10,15H2,1H3. The maximum Gasteiger partial charge on any atom is 0.155 e. The van der Waals surface area contributed by atoms with E-state index in [2.05, 4.69) is 28.4 Å². The van der Waals surface area contributed by atoms with Crippen LogP contribution in [0.3, 0.4) is 0 Å². The van der Waals surface area contributed by atoms with Crippen LogP contribution in [-0.4, -0.2) is 21.0 Å². The Morgan fingerprint density at radius 3 is 2.79 bits per heavy atom. The third-order valence-corrected chi connectivity index (χ3v) is 5.91. The largest absolute Gasteiger partial charge is 0.494 e. The summed E-state index contributed by atoms with van der Waals surface area (Å²) in [6.45, 7) is 2.90. The summed E-state index contributed by atoms with van der Waals surface area (Å²) in [7, 11) is 0. The minimum absolute atomic E-state index is 0.478. The van der Waals surface area contributed by atoms with Crippen molar-refractivity contribution in [2.45, 2.75) is 64.2 Å². The topological polar surface area (TPSA) is 39.4 Å². The number of ether oxygens (including phenoxy) is 1. The molecule has 28 heavy (non-hydrogen) atoms. The van der Waals surface area contributed by atoms with Crippen molar-refractivity contribution in [1.82, 2.24) is 14.4 Å². The number of aromatic nitrogens is 3. The molecule has 1 aromatic carbocycles. The van der Waals surface area contributed by atoms with E-state index >= 15 is 0 Å². The third kappa shape index (κ3) is 4.02. The maximum atomic E-state index is 6.54. The molecular formula is C23H28ClN3O. The molecule has 1 saturated carbocycles. The predicted octanol–water partition coefficient (Wildman–Crippen LogP) is 6.67. The highest BCUT2D eigenvalue weighted by Gasteiger charge is 2.23. The van der Waals surface area contributed by atoms with Crippen LogP contribution in [0.2, 0.25) is 5.15 Å². The Balaban J connectivity index is 1.76. The first-order valence-corrected chi connectivity index (χ1v) is 10.9.